The first kappa shape index (κ1) is 15.7. The molecule has 20 heavy (non-hydrogen) atoms. The molecule has 0 saturated carbocycles. The molecule has 0 radical (unpaired) electrons. The molecular weight excluding hydrogens is 339 g/mol. The van der Waals surface area contributed by atoms with Crippen LogP contribution in [0.1, 0.15) is 32.8 Å². The summed E-state index contributed by atoms with van der Waals surface area (Å²) in [6.45, 7) is 8.49. The van der Waals surface area contributed by atoms with Crippen LogP contribution < -0.4 is 10.6 Å². The number of nitrogens with two attached hydrogens (primary N) is 1. The van der Waals surface area contributed by atoms with Gasteiger partial charge in [0.15, 0.2) is 5.82 Å². The quantitative estimate of drug-likeness (QED) is 0.807. The first-order chi connectivity index (χ1) is 9.21. The molecular formula is C15H20BrFN2S. The zero-order valence-corrected chi connectivity index (χ0v) is 14.4. The van der Waals surface area contributed by atoms with Crippen molar-refractivity contribution in [2.75, 3.05) is 18.0 Å². The van der Waals surface area contributed by atoms with Gasteiger partial charge in [0.25, 0.3) is 0 Å². The maximum absolute atomic E-state index is 14.5. The Morgan fingerprint density at radius 3 is 2.60 bits per heavy atom. The number of rotatable bonds is 2. The predicted molar refractivity (Wildman–Crippen MR) is 89.8 cm³/mol. The Balaban J connectivity index is 2.28. The fourth-order valence-corrected chi connectivity index (χ4v) is 3.51. The van der Waals surface area contributed by atoms with Gasteiger partial charge in [-0.3, -0.25) is 0 Å². The number of anilines is 1. The van der Waals surface area contributed by atoms with Gasteiger partial charge in [0.2, 0.25) is 0 Å². The molecule has 1 aromatic carbocycles. The van der Waals surface area contributed by atoms with Crippen molar-refractivity contribution in [1.82, 2.24) is 0 Å². The highest BCUT2D eigenvalue weighted by atomic mass is 79.9. The lowest BCUT2D eigenvalue weighted by molar-refractivity contribution is 0.263. The molecule has 110 valence electrons. The molecule has 1 unspecified atom stereocenters. The van der Waals surface area contributed by atoms with Crippen LogP contribution in [0.3, 0.4) is 0 Å². The van der Waals surface area contributed by atoms with Crippen molar-refractivity contribution in [2.24, 2.45) is 17.1 Å². The van der Waals surface area contributed by atoms with E-state index in [9.17, 15) is 4.39 Å². The van der Waals surface area contributed by atoms with Crippen LogP contribution in [0.2, 0.25) is 0 Å². The largest absolute Gasteiger partial charge is 0.389 e. The van der Waals surface area contributed by atoms with Crippen LogP contribution in [0.25, 0.3) is 0 Å². The second kappa shape index (κ2) is 5.60. The molecule has 1 heterocycles. The van der Waals surface area contributed by atoms with Gasteiger partial charge in [0.05, 0.1) is 10.2 Å². The Morgan fingerprint density at radius 1 is 1.45 bits per heavy atom. The van der Waals surface area contributed by atoms with E-state index in [0.29, 0.717) is 21.6 Å². The number of benzene rings is 1. The predicted octanol–water partition coefficient (Wildman–Crippen LogP) is 4.09. The lowest BCUT2D eigenvalue weighted by atomic mass is 9.80. The standard InChI is InChI=1S/C15H20BrFN2S/c1-15(2,3)9-6-7-19(8-9)11-5-4-10(14(18)20)12(16)13(11)17/h4-5,9H,6-8H2,1-3H3,(H2,18,20). The Hall–Kier alpha value is -0.680. The van der Waals surface area contributed by atoms with E-state index in [1.54, 1.807) is 12.1 Å². The summed E-state index contributed by atoms with van der Waals surface area (Å²) in [6, 6.07) is 3.56. The molecule has 1 atom stereocenters. The zero-order valence-electron chi connectivity index (χ0n) is 12.0. The van der Waals surface area contributed by atoms with Gasteiger partial charge in [-0.05, 0) is 45.8 Å². The number of hydrogen-bond donors (Lipinski definition) is 1. The minimum Gasteiger partial charge on any atom is -0.389 e. The number of hydrogen-bond acceptors (Lipinski definition) is 2. The molecule has 0 spiro atoms. The fourth-order valence-electron chi connectivity index (χ4n) is 2.66. The van der Waals surface area contributed by atoms with Crippen LogP contribution in [-0.4, -0.2) is 18.1 Å². The van der Waals surface area contributed by atoms with Crippen LogP contribution in [-0.2, 0) is 0 Å². The average molecular weight is 359 g/mol. The van der Waals surface area contributed by atoms with Crippen molar-refractivity contribution in [3.05, 3.63) is 28.0 Å². The summed E-state index contributed by atoms with van der Waals surface area (Å²) < 4.78 is 14.9. The summed E-state index contributed by atoms with van der Waals surface area (Å²) in [4.78, 5) is 2.32. The highest BCUT2D eigenvalue weighted by Gasteiger charge is 2.33. The number of thiocarbonyl (C=S) groups is 1. The smallest absolute Gasteiger partial charge is 0.161 e. The minimum absolute atomic E-state index is 0.205. The monoisotopic (exact) mass is 358 g/mol. The van der Waals surface area contributed by atoms with Crippen molar-refractivity contribution >= 4 is 38.8 Å². The van der Waals surface area contributed by atoms with Crippen LogP contribution in [0.15, 0.2) is 16.6 Å². The maximum atomic E-state index is 14.5. The first-order valence-electron chi connectivity index (χ1n) is 6.74. The average Bonchev–Trinajstić information content (AvgIpc) is 2.81. The lowest BCUT2D eigenvalue weighted by Gasteiger charge is -2.27. The van der Waals surface area contributed by atoms with Crippen molar-refractivity contribution in [3.8, 4) is 0 Å². The van der Waals surface area contributed by atoms with Crippen molar-refractivity contribution in [3.63, 3.8) is 0 Å². The van der Waals surface area contributed by atoms with Crippen molar-refractivity contribution in [1.29, 1.82) is 0 Å². The normalized spacial score (nSPS) is 19.4. The van der Waals surface area contributed by atoms with Gasteiger partial charge in [-0.25, -0.2) is 4.39 Å². The van der Waals surface area contributed by atoms with E-state index in [1.807, 2.05) is 0 Å². The van der Waals surface area contributed by atoms with E-state index in [4.69, 9.17) is 18.0 Å². The Morgan fingerprint density at radius 2 is 2.10 bits per heavy atom. The highest BCUT2D eigenvalue weighted by molar-refractivity contribution is 9.10. The van der Waals surface area contributed by atoms with Crippen LogP contribution in [0.4, 0.5) is 10.1 Å². The van der Waals surface area contributed by atoms with E-state index < -0.39 is 0 Å². The molecule has 2 rings (SSSR count). The summed E-state index contributed by atoms with van der Waals surface area (Å²) in [6.07, 6.45) is 1.09. The third-order valence-electron chi connectivity index (χ3n) is 4.08. The molecule has 0 amide bonds. The Bertz CT molecular complexity index is 539. The summed E-state index contributed by atoms with van der Waals surface area (Å²) in [5.74, 6) is 0.306. The lowest BCUT2D eigenvalue weighted by Crippen LogP contribution is -2.26. The fraction of sp³-hybridized carbons (Fsp3) is 0.533. The maximum Gasteiger partial charge on any atom is 0.161 e. The summed E-state index contributed by atoms with van der Waals surface area (Å²) >= 11 is 8.19. The summed E-state index contributed by atoms with van der Waals surface area (Å²) in [7, 11) is 0. The van der Waals surface area contributed by atoms with E-state index in [-0.39, 0.29) is 16.2 Å². The second-order valence-electron chi connectivity index (χ2n) is 6.42. The molecule has 1 aliphatic heterocycles. The molecule has 0 bridgehead atoms. The molecule has 1 fully saturated rings. The van der Waals surface area contributed by atoms with E-state index in [0.717, 1.165) is 19.5 Å². The van der Waals surface area contributed by atoms with Gasteiger partial charge in [0, 0.05) is 18.7 Å². The van der Waals surface area contributed by atoms with Gasteiger partial charge < -0.3 is 10.6 Å². The highest BCUT2D eigenvalue weighted by Crippen LogP contribution is 2.38. The van der Waals surface area contributed by atoms with Crippen molar-refractivity contribution < 1.29 is 4.39 Å². The molecule has 0 aromatic heterocycles. The molecule has 1 saturated heterocycles. The summed E-state index contributed by atoms with van der Waals surface area (Å²) in [5, 5.41) is 0. The topological polar surface area (TPSA) is 29.3 Å². The molecule has 1 aromatic rings. The van der Waals surface area contributed by atoms with Crippen LogP contribution >= 0.6 is 28.1 Å². The number of nitrogens with zero attached hydrogens (tertiary/aromatic N) is 1. The van der Waals surface area contributed by atoms with E-state index in [2.05, 4.69) is 41.6 Å². The van der Waals surface area contributed by atoms with Crippen LogP contribution in [0, 0.1) is 17.2 Å². The number of halogens is 2. The van der Waals surface area contributed by atoms with E-state index >= 15 is 0 Å². The van der Waals surface area contributed by atoms with Gasteiger partial charge in [0.1, 0.15) is 4.99 Å². The Kier molecular flexibility index (Phi) is 4.40. The van der Waals surface area contributed by atoms with Crippen LogP contribution in [0.5, 0.6) is 0 Å². The van der Waals surface area contributed by atoms with Gasteiger partial charge in [-0.1, -0.05) is 33.0 Å². The SMILES string of the molecule is CC(C)(C)C1CCN(c2ccc(C(N)=S)c(Br)c2F)C1. The second-order valence-corrected chi connectivity index (χ2v) is 7.65. The molecule has 1 aliphatic rings. The third kappa shape index (κ3) is 2.98. The first-order valence-corrected chi connectivity index (χ1v) is 7.94. The zero-order chi connectivity index (χ0) is 15.1. The molecule has 2 nitrogen and oxygen atoms in total. The van der Waals surface area contributed by atoms with E-state index in [1.165, 1.54) is 0 Å². The van der Waals surface area contributed by atoms with Gasteiger partial charge >= 0.3 is 0 Å². The Labute approximate surface area is 133 Å². The summed E-state index contributed by atoms with van der Waals surface area (Å²) in [5.41, 5.74) is 7.02. The van der Waals surface area contributed by atoms with Gasteiger partial charge in [-0.2, -0.15) is 0 Å². The third-order valence-corrected chi connectivity index (χ3v) is 5.08. The van der Waals surface area contributed by atoms with Gasteiger partial charge in [-0.15, -0.1) is 0 Å². The van der Waals surface area contributed by atoms with Crippen molar-refractivity contribution in [2.45, 2.75) is 27.2 Å². The molecule has 5 heteroatoms. The minimum atomic E-state index is -0.273. The molecule has 2 N–H and O–H groups in total. The molecule has 0 aliphatic carbocycles.